The van der Waals surface area contributed by atoms with Crippen LogP contribution in [0.15, 0.2) is 6.07 Å². The van der Waals surface area contributed by atoms with E-state index in [-0.39, 0.29) is 5.69 Å². The molecule has 1 amide bonds. The molecule has 0 spiro atoms. The Morgan fingerprint density at radius 3 is 2.78 bits per heavy atom. The number of amides is 1. The molecular weight excluding hydrogens is 450 g/mol. The van der Waals surface area contributed by atoms with E-state index in [2.05, 4.69) is 32.9 Å². The van der Waals surface area contributed by atoms with E-state index < -0.39 is 5.91 Å². The van der Waals surface area contributed by atoms with E-state index in [1.165, 1.54) is 18.9 Å². The second-order valence-electron chi connectivity index (χ2n) is 5.79. The first-order valence-electron chi connectivity index (χ1n) is 7.53. The quantitative estimate of drug-likeness (QED) is 0.678. The molecule has 3 rings (SSSR count). The predicted molar refractivity (Wildman–Crippen MR) is 101 cm³/mol. The molecular formula is C15H17Cl2IN4O. The first kappa shape index (κ1) is 17.3. The van der Waals surface area contributed by atoms with Gasteiger partial charge in [-0.25, -0.2) is 4.98 Å². The fraction of sp³-hybridized carbons (Fsp3) is 0.467. The minimum Gasteiger partial charge on any atom is -0.364 e. The van der Waals surface area contributed by atoms with Crippen LogP contribution in [0.25, 0.3) is 11.0 Å². The van der Waals surface area contributed by atoms with Crippen LogP contribution in [-0.4, -0.2) is 28.5 Å². The summed E-state index contributed by atoms with van der Waals surface area (Å²) in [5.74, 6) is 0.101. The number of rotatable bonds is 4. The van der Waals surface area contributed by atoms with Crippen LogP contribution in [0.3, 0.4) is 0 Å². The van der Waals surface area contributed by atoms with Crippen molar-refractivity contribution in [1.29, 1.82) is 0 Å². The number of pyridine rings is 1. The van der Waals surface area contributed by atoms with Crippen molar-refractivity contribution < 1.29 is 4.79 Å². The third kappa shape index (κ3) is 3.45. The molecule has 8 heteroatoms. The molecule has 0 aliphatic carbocycles. The number of halogens is 3. The van der Waals surface area contributed by atoms with E-state index in [0.717, 1.165) is 29.8 Å². The number of aryl methyl sites for hydroxylation is 1. The molecule has 1 aliphatic heterocycles. The summed E-state index contributed by atoms with van der Waals surface area (Å²) in [5.41, 5.74) is 6.15. The predicted octanol–water partition coefficient (Wildman–Crippen LogP) is 3.44. The van der Waals surface area contributed by atoms with Gasteiger partial charge < -0.3 is 15.6 Å². The lowest BCUT2D eigenvalue weighted by Gasteiger charge is -2.22. The van der Waals surface area contributed by atoms with Gasteiger partial charge >= 0.3 is 0 Å². The minimum absolute atomic E-state index is 0.163. The van der Waals surface area contributed by atoms with E-state index in [9.17, 15) is 4.79 Å². The zero-order valence-corrected chi connectivity index (χ0v) is 16.1. The van der Waals surface area contributed by atoms with Gasteiger partial charge in [-0.05, 0) is 66.9 Å². The average Bonchev–Trinajstić information content (AvgIpc) is 2.78. The smallest absolute Gasteiger partial charge is 0.267 e. The third-order valence-electron chi connectivity index (χ3n) is 4.32. The summed E-state index contributed by atoms with van der Waals surface area (Å²) in [6.07, 6.45) is 3.42. The van der Waals surface area contributed by atoms with Crippen LogP contribution in [0.1, 0.15) is 29.8 Å². The Morgan fingerprint density at radius 1 is 1.43 bits per heavy atom. The highest BCUT2D eigenvalue weighted by atomic mass is 127. The van der Waals surface area contributed by atoms with E-state index >= 15 is 0 Å². The second-order valence-corrected chi connectivity index (χ2v) is 7.60. The van der Waals surface area contributed by atoms with Gasteiger partial charge in [0.1, 0.15) is 15.0 Å². The Hall–Kier alpha value is -0.570. The summed E-state index contributed by atoms with van der Waals surface area (Å²) in [5, 5.41) is 5.06. The maximum Gasteiger partial charge on any atom is 0.267 e. The lowest BCUT2D eigenvalue weighted by atomic mass is 9.95. The molecule has 3 heterocycles. The molecule has 2 aromatic rings. The molecule has 124 valence electrons. The van der Waals surface area contributed by atoms with Crippen LogP contribution in [0.5, 0.6) is 0 Å². The second kappa shape index (κ2) is 7.13. The normalized spacial score (nSPS) is 16.1. The molecule has 0 atom stereocenters. The van der Waals surface area contributed by atoms with Crippen molar-refractivity contribution in [3.63, 3.8) is 0 Å². The number of aromatic nitrogens is 2. The summed E-state index contributed by atoms with van der Waals surface area (Å²) >= 11 is 14.9. The van der Waals surface area contributed by atoms with Gasteiger partial charge in [0.05, 0.1) is 15.4 Å². The van der Waals surface area contributed by atoms with Gasteiger partial charge in [0.15, 0.2) is 0 Å². The Kier molecular flexibility index (Phi) is 5.35. The molecule has 1 saturated heterocycles. The summed E-state index contributed by atoms with van der Waals surface area (Å²) in [7, 11) is 0. The van der Waals surface area contributed by atoms with E-state index in [1.54, 1.807) is 0 Å². The van der Waals surface area contributed by atoms with E-state index in [0.29, 0.717) is 27.0 Å². The van der Waals surface area contributed by atoms with E-state index in [4.69, 9.17) is 28.9 Å². The minimum atomic E-state index is -0.592. The molecule has 1 fully saturated rings. The average molecular weight is 467 g/mol. The van der Waals surface area contributed by atoms with Gasteiger partial charge in [0.2, 0.25) is 0 Å². The van der Waals surface area contributed by atoms with E-state index in [1.807, 2.05) is 4.57 Å². The van der Waals surface area contributed by atoms with Crippen LogP contribution in [0, 0.1) is 9.62 Å². The molecule has 0 bridgehead atoms. The number of hydrogen-bond donors (Lipinski definition) is 2. The summed E-state index contributed by atoms with van der Waals surface area (Å²) in [4.78, 5) is 15.8. The standard InChI is InChI=1S/C15H17Cl2IN4O/c16-9-7-10(14(19)23)21-15-11(9)12(17)13(18)22(15)6-3-8-1-4-20-5-2-8/h7-8,20H,1-6H2,(H2,19,23). The highest BCUT2D eigenvalue weighted by molar-refractivity contribution is 14.1. The highest BCUT2D eigenvalue weighted by Crippen LogP contribution is 2.36. The summed E-state index contributed by atoms with van der Waals surface area (Å²) < 4.78 is 2.93. The van der Waals surface area contributed by atoms with Crippen molar-refractivity contribution in [1.82, 2.24) is 14.9 Å². The lowest BCUT2D eigenvalue weighted by Crippen LogP contribution is -2.28. The van der Waals surface area contributed by atoms with Crippen LogP contribution in [-0.2, 0) is 6.54 Å². The fourth-order valence-corrected chi connectivity index (χ4v) is 4.38. The Labute approximate surface area is 158 Å². The molecule has 0 saturated carbocycles. The molecule has 1 aliphatic rings. The van der Waals surface area contributed by atoms with Crippen molar-refractivity contribution >= 4 is 62.7 Å². The van der Waals surface area contributed by atoms with Gasteiger partial charge in [0, 0.05) is 6.54 Å². The molecule has 5 nitrogen and oxygen atoms in total. The number of nitrogens with one attached hydrogen (secondary N) is 1. The number of hydrogen-bond acceptors (Lipinski definition) is 3. The molecule has 0 unspecified atom stereocenters. The maximum absolute atomic E-state index is 11.5. The molecule has 0 aromatic carbocycles. The Balaban J connectivity index is 1.97. The van der Waals surface area contributed by atoms with Crippen molar-refractivity contribution in [2.24, 2.45) is 11.7 Å². The summed E-state index contributed by atoms with van der Waals surface area (Å²) in [6, 6.07) is 1.48. The number of nitrogens with two attached hydrogens (primary N) is 1. The first-order chi connectivity index (χ1) is 11.0. The monoisotopic (exact) mass is 466 g/mol. The van der Waals surface area contributed by atoms with Gasteiger partial charge in [0.25, 0.3) is 5.91 Å². The number of fused-ring (bicyclic) bond motifs is 1. The van der Waals surface area contributed by atoms with Crippen molar-refractivity contribution in [3.8, 4) is 0 Å². The zero-order chi connectivity index (χ0) is 16.6. The SMILES string of the molecule is NC(=O)c1cc(Cl)c2c(Cl)c(I)n(CCC3CCNCC3)c2n1. The van der Waals surface area contributed by atoms with Crippen LogP contribution in [0.2, 0.25) is 10.0 Å². The molecule has 0 radical (unpaired) electrons. The Morgan fingerprint density at radius 2 is 2.13 bits per heavy atom. The third-order valence-corrected chi connectivity index (χ3v) is 6.42. The van der Waals surface area contributed by atoms with Crippen molar-refractivity contribution in [2.75, 3.05) is 13.1 Å². The number of nitrogens with zero attached hydrogens (tertiary/aromatic N) is 2. The van der Waals surface area contributed by atoms with Gasteiger partial charge in [-0.3, -0.25) is 4.79 Å². The first-order valence-corrected chi connectivity index (χ1v) is 9.36. The number of piperidine rings is 1. The van der Waals surface area contributed by atoms with Crippen LogP contribution < -0.4 is 11.1 Å². The largest absolute Gasteiger partial charge is 0.364 e. The number of carbonyl (C=O) groups is 1. The van der Waals surface area contributed by atoms with Crippen molar-refractivity contribution in [3.05, 3.63) is 25.5 Å². The highest BCUT2D eigenvalue weighted by Gasteiger charge is 2.21. The molecule has 2 aromatic heterocycles. The van der Waals surface area contributed by atoms with Crippen LogP contribution in [0.4, 0.5) is 0 Å². The number of carbonyl (C=O) groups excluding carboxylic acids is 1. The molecule has 23 heavy (non-hydrogen) atoms. The van der Waals surface area contributed by atoms with Gasteiger partial charge in [-0.1, -0.05) is 23.2 Å². The summed E-state index contributed by atoms with van der Waals surface area (Å²) in [6.45, 7) is 2.95. The van der Waals surface area contributed by atoms with Gasteiger partial charge in [-0.15, -0.1) is 0 Å². The molecule has 3 N–H and O–H groups in total. The fourth-order valence-electron chi connectivity index (χ4n) is 3.03. The maximum atomic E-state index is 11.5. The van der Waals surface area contributed by atoms with Gasteiger partial charge in [-0.2, -0.15) is 0 Å². The van der Waals surface area contributed by atoms with Crippen molar-refractivity contribution in [2.45, 2.75) is 25.8 Å². The lowest BCUT2D eigenvalue weighted by molar-refractivity contribution is 0.0996. The van der Waals surface area contributed by atoms with Crippen LogP contribution >= 0.6 is 45.8 Å². The zero-order valence-electron chi connectivity index (χ0n) is 12.4. The number of primary amides is 1. The Bertz CT molecular complexity index is 756. The topological polar surface area (TPSA) is 72.9 Å².